The topological polar surface area (TPSA) is 19.6 Å². The molecule has 3 heteroatoms. The third-order valence-electron chi connectivity index (χ3n) is 12.7. The van der Waals surface area contributed by atoms with Crippen molar-refractivity contribution >= 4 is 66.8 Å². The van der Waals surface area contributed by atoms with E-state index in [1.54, 1.807) is 0 Å². The molecule has 0 radical (unpaired) electrons. The van der Waals surface area contributed by atoms with E-state index in [4.69, 9.17) is 4.42 Å². The maximum Gasteiger partial charge on any atom is 0.138 e. The number of furan rings is 1. The van der Waals surface area contributed by atoms with Crippen molar-refractivity contribution in [3.05, 3.63) is 265 Å². The minimum atomic E-state index is -0.525. The summed E-state index contributed by atoms with van der Waals surface area (Å²) in [4.78, 5) is 4.69. The first-order valence-electron chi connectivity index (χ1n) is 21.3. The Morgan fingerprint density at radius 3 is 1.42 bits per heavy atom. The summed E-state index contributed by atoms with van der Waals surface area (Å²) in [7, 11) is 0. The summed E-state index contributed by atoms with van der Waals surface area (Å²) in [6.07, 6.45) is 0. The summed E-state index contributed by atoms with van der Waals surface area (Å²) in [6, 6.07) is 87.5. The number of hydrogen-bond donors (Lipinski definition) is 0. The average Bonchev–Trinajstić information content (AvgIpc) is 3.87. The van der Waals surface area contributed by atoms with Gasteiger partial charge in [0, 0.05) is 56.7 Å². The second-order valence-corrected chi connectivity index (χ2v) is 16.0. The molecule has 0 amide bonds. The van der Waals surface area contributed by atoms with Crippen molar-refractivity contribution < 1.29 is 4.42 Å². The Kier molecular flexibility index (Phi) is 8.39. The monoisotopic (exact) mass is 792 g/mol. The van der Waals surface area contributed by atoms with Gasteiger partial charge in [0.1, 0.15) is 11.2 Å². The Hall–Kier alpha value is -8.14. The van der Waals surface area contributed by atoms with Gasteiger partial charge < -0.3 is 14.2 Å². The van der Waals surface area contributed by atoms with E-state index in [0.29, 0.717) is 0 Å². The Bertz CT molecular complexity index is 3330. The first-order valence-corrected chi connectivity index (χ1v) is 21.3. The lowest BCUT2D eigenvalue weighted by Gasteiger charge is -2.35. The molecule has 1 aliphatic carbocycles. The molecule has 1 aromatic heterocycles. The number of fused-ring (bicyclic) bond motifs is 8. The summed E-state index contributed by atoms with van der Waals surface area (Å²) < 4.78 is 6.99. The highest BCUT2D eigenvalue weighted by atomic mass is 16.3. The van der Waals surface area contributed by atoms with Crippen LogP contribution in [0.3, 0.4) is 0 Å². The number of para-hydroxylation sites is 3. The van der Waals surface area contributed by atoms with Crippen LogP contribution in [0.1, 0.15) is 22.3 Å². The molecule has 0 saturated heterocycles. The van der Waals surface area contributed by atoms with Crippen molar-refractivity contribution in [1.82, 2.24) is 0 Å². The van der Waals surface area contributed by atoms with Crippen LogP contribution in [0.4, 0.5) is 34.1 Å². The molecule has 1 aliphatic rings. The first kappa shape index (κ1) is 35.8. The van der Waals surface area contributed by atoms with Gasteiger partial charge in [0.2, 0.25) is 0 Å². The predicted molar refractivity (Wildman–Crippen MR) is 258 cm³/mol. The number of hydrogen-bond acceptors (Lipinski definition) is 3. The summed E-state index contributed by atoms with van der Waals surface area (Å²) in [5.74, 6) is 0. The molecule has 12 rings (SSSR count). The van der Waals surface area contributed by atoms with E-state index in [1.807, 2.05) is 0 Å². The number of nitrogens with zero attached hydrogens (tertiary/aromatic N) is 2. The zero-order valence-corrected chi connectivity index (χ0v) is 33.9. The molecule has 0 fully saturated rings. The van der Waals surface area contributed by atoms with Gasteiger partial charge in [-0.25, -0.2) is 0 Å². The van der Waals surface area contributed by atoms with Crippen LogP contribution in [0.2, 0.25) is 0 Å². The van der Waals surface area contributed by atoms with Gasteiger partial charge in [-0.3, -0.25) is 0 Å². The van der Waals surface area contributed by atoms with E-state index in [0.717, 1.165) is 66.8 Å². The molecule has 0 spiro atoms. The average molecular weight is 793 g/mol. The first-order chi connectivity index (χ1) is 30.8. The van der Waals surface area contributed by atoms with Crippen molar-refractivity contribution in [2.45, 2.75) is 5.41 Å². The molecule has 3 nitrogen and oxygen atoms in total. The van der Waals surface area contributed by atoms with Gasteiger partial charge in [-0.05, 0) is 99.4 Å². The molecule has 0 unspecified atom stereocenters. The SMILES string of the molecule is c1ccc(N(c2ccccc2)c2ccc3c(c2)oc2cc(N(c4ccccc4)c4cccc(C5(c6ccccc6)c6ccccc6-c6ccccc65)c4)c4ccccc4c23)cc1. The zero-order chi connectivity index (χ0) is 41.0. The molecule has 1 heterocycles. The van der Waals surface area contributed by atoms with Crippen molar-refractivity contribution in [2.75, 3.05) is 9.80 Å². The molecule has 0 atom stereocenters. The van der Waals surface area contributed by atoms with Crippen LogP contribution in [-0.4, -0.2) is 0 Å². The molecule has 0 bridgehead atoms. The third-order valence-corrected chi connectivity index (χ3v) is 12.7. The lowest BCUT2D eigenvalue weighted by Crippen LogP contribution is -2.28. The van der Waals surface area contributed by atoms with Gasteiger partial charge in [-0.15, -0.1) is 0 Å². The Morgan fingerprint density at radius 2 is 0.790 bits per heavy atom. The fourth-order valence-corrected chi connectivity index (χ4v) is 10.1. The second kappa shape index (κ2) is 14.5. The van der Waals surface area contributed by atoms with Crippen LogP contribution < -0.4 is 9.80 Å². The third kappa shape index (κ3) is 5.52. The molecule has 62 heavy (non-hydrogen) atoms. The number of rotatable bonds is 8. The van der Waals surface area contributed by atoms with E-state index < -0.39 is 5.41 Å². The second-order valence-electron chi connectivity index (χ2n) is 16.0. The van der Waals surface area contributed by atoms with Crippen molar-refractivity contribution in [3.63, 3.8) is 0 Å². The molecule has 0 aliphatic heterocycles. The van der Waals surface area contributed by atoms with Gasteiger partial charge in [0.25, 0.3) is 0 Å². The van der Waals surface area contributed by atoms with Crippen LogP contribution in [0.5, 0.6) is 0 Å². The Balaban J connectivity index is 1.08. The fourth-order valence-electron chi connectivity index (χ4n) is 10.1. The minimum absolute atomic E-state index is 0.525. The molecule has 0 saturated carbocycles. The van der Waals surface area contributed by atoms with E-state index in [2.05, 4.69) is 252 Å². The molecule has 10 aromatic carbocycles. The standard InChI is InChI=1S/C59H40N2O/c1-5-20-41(21-6-1)59(53-34-17-15-30-48(53)49-31-16-18-35-54(49)59)42-22-19-29-46(38-42)61(45-27-11-4-12-28-45)55-40-57-58(51-33-14-13-32-50(51)55)52-37-36-47(39-56(52)62-57)60(43-23-7-2-8-24-43)44-25-9-3-10-26-44/h1-40H. The molecule has 292 valence electrons. The maximum atomic E-state index is 6.99. The Morgan fingerprint density at radius 1 is 0.306 bits per heavy atom. The number of anilines is 6. The number of benzene rings is 10. The largest absolute Gasteiger partial charge is 0.456 e. The summed E-state index contributed by atoms with van der Waals surface area (Å²) in [5.41, 5.74) is 15.1. The van der Waals surface area contributed by atoms with E-state index in [9.17, 15) is 0 Å². The van der Waals surface area contributed by atoms with Crippen molar-refractivity contribution in [2.24, 2.45) is 0 Å². The zero-order valence-electron chi connectivity index (χ0n) is 33.9. The van der Waals surface area contributed by atoms with Gasteiger partial charge in [0.05, 0.1) is 11.1 Å². The lowest BCUT2D eigenvalue weighted by atomic mass is 9.67. The highest BCUT2D eigenvalue weighted by Crippen LogP contribution is 2.57. The molecular weight excluding hydrogens is 753 g/mol. The van der Waals surface area contributed by atoms with Crippen LogP contribution in [0, 0.1) is 0 Å². The van der Waals surface area contributed by atoms with E-state index in [-0.39, 0.29) is 0 Å². The van der Waals surface area contributed by atoms with Crippen LogP contribution in [0.15, 0.2) is 247 Å². The lowest BCUT2D eigenvalue weighted by molar-refractivity contribution is 0.669. The van der Waals surface area contributed by atoms with Gasteiger partial charge in [0.15, 0.2) is 0 Å². The van der Waals surface area contributed by atoms with Crippen LogP contribution in [0.25, 0.3) is 43.8 Å². The molecule has 0 N–H and O–H groups in total. The summed E-state index contributed by atoms with van der Waals surface area (Å²) >= 11 is 0. The normalized spacial score (nSPS) is 12.6. The van der Waals surface area contributed by atoms with Gasteiger partial charge >= 0.3 is 0 Å². The maximum absolute atomic E-state index is 6.99. The quantitative estimate of drug-likeness (QED) is 0.153. The van der Waals surface area contributed by atoms with E-state index >= 15 is 0 Å². The summed E-state index contributed by atoms with van der Waals surface area (Å²) in [5, 5.41) is 4.49. The fraction of sp³-hybridized carbons (Fsp3) is 0.0169. The minimum Gasteiger partial charge on any atom is -0.456 e. The van der Waals surface area contributed by atoms with Crippen molar-refractivity contribution in [1.29, 1.82) is 0 Å². The smallest absolute Gasteiger partial charge is 0.138 e. The van der Waals surface area contributed by atoms with Crippen molar-refractivity contribution in [3.8, 4) is 11.1 Å². The van der Waals surface area contributed by atoms with Crippen LogP contribution >= 0.6 is 0 Å². The predicted octanol–water partition coefficient (Wildman–Crippen LogP) is 16.0. The van der Waals surface area contributed by atoms with E-state index in [1.165, 1.54) is 33.4 Å². The van der Waals surface area contributed by atoms with Crippen LogP contribution in [-0.2, 0) is 5.41 Å². The highest BCUT2D eigenvalue weighted by molar-refractivity contribution is 6.22. The van der Waals surface area contributed by atoms with Gasteiger partial charge in [-0.1, -0.05) is 170 Å². The molecular formula is C59H40N2O. The highest BCUT2D eigenvalue weighted by Gasteiger charge is 2.46. The summed E-state index contributed by atoms with van der Waals surface area (Å²) in [6.45, 7) is 0. The Labute approximate surface area is 361 Å². The van der Waals surface area contributed by atoms with Gasteiger partial charge in [-0.2, -0.15) is 0 Å². The molecule has 11 aromatic rings.